The van der Waals surface area contributed by atoms with Gasteiger partial charge in [0.1, 0.15) is 30.0 Å². The summed E-state index contributed by atoms with van der Waals surface area (Å²) in [5.74, 6) is -0.542. The Kier molecular flexibility index (Phi) is 5.34. The molecule has 2 aromatic carbocycles. The maximum atomic E-state index is 13.0. The third kappa shape index (κ3) is 4.31. The van der Waals surface area contributed by atoms with Gasteiger partial charge in [0.15, 0.2) is 0 Å². The van der Waals surface area contributed by atoms with Crippen LogP contribution in [0.4, 0.5) is 4.39 Å². The van der Waals surface area contributed by atoms with Crippen LogP contribution in [0.5, 0.6) is 5.75 Å². The molecule has 3 atom stereocenters. The fraction of sp³-hybridized carbons (Fsp3) is 0.304. The first-order valence-corrected chi connectivity index (χ1v) is 9.60. The topological polar surface area (TPSA) is 61.8 Å². The molecular formula is C23H21FO5. The highest BCUT2D eigenvalue weighted by Crippen LogP contribution is 2.35. The van der Waals surface area contributed by atoms with E-state index in [1.807, 2.05) is 25.1 Å². The summed E-state index contributed by atoms with van der Waals surface area (Å²) in [5, 5.41) is 0. The van der Waals surface area contributed by atoms with Gasteiger partial charge in [-0.15, -0.1) is 0 Å². The van der Waals surface area contributed by atoms with Gasteiger partial charge in [-0.3, -0.25) is 4.79 Å². The van der Waals surface area contributed by atoms with Crippen LogP contribution in [-0.2, 0) is 14.3 Å². The molecule has 1 aliphatic heterocycles. The van der Waals surface area contributed by atoms with Crippen molar-refractivity contribution in [1.82, 2.24) is 0 Å². The van der Waals surface area contributed by atoms with Gasteiger partial charge >= 0.3 is 5.97 Å². The monoisotopic (exact) mass is 396 g/mol. The highest BCUT2D eigenvalue weighted by molar-refractivity contribution is 5.96. The quantitative estimate of drug-likeness (QED) is 0.719. The first kappa shape index (κ1) is 19.2. The lowest BCUT2D eigenvalue weighted by atomic mass is 9.80. The molecule has 29 heavy (non-hydrogen) atoms. The van der Waals surface area contributed by atoms with Crippen LogP contribution in [0.1, 0.15) is 35.2 Å². The van der Waals surface area contributed by atoms with E-state index in [1.165, 1.54) is 30.5 Å². The molecule has 0 radical (unpaired) electrons. The maximum absolute atomic E-state index is 13.0. The van der Waals surface area contributed by atoms with Crippen molar-refractivity contribution in [3.63, 3.8) is 0 Å². The highest BCUT2D eigenvalue weighted by atomic mass is 19.1. The molecule has 4 rings (SSSR count). The zero-order chi connectivity index (χ0) is 20.4. The molecule has 2 aliphatic rings. The van der Waals surface area contributed by atoms with Crippen LogP contribution >= 0.6 is 0 Å². The normalized spacial score (nSPS) is 23.4. The van der Waals surface area contributed by atoms with Crippen LogP contribution in [0.15, 0.2) is 60.6 Å². The SMILES string of the molecule is Cc1cccc(OC2=COC3CC(OC(=O)c4ccc(F)cc4)CCC3C2=O)c1. The fourth-order valence-corrected chi connectivity index (χ4v) is 3.73. The van der Waals surface area contributed by atoms with Crippen molar-refractivity contribution >= 4 is 11.8 Å². The number of ketones is 1. The second-order valence-corrected chi connectivity index (χ2v) is 7.39. The first-order chi connectivity index (χ1) is 14.0. The standard InChI is InChI=1S/C23H21FO5/c1-14-3-2-4-17(11-14)28-21-13-27-20-12-18(9-10-19(20)22(21)25)29-23(26)15-5-7-16(24)8-6-15/h2-8,11,13,18-20H,9-10,12H2,1H3. The smallest absolute Gasteiger partial charge is 0.338 e. The molecule has 5 nitrogen and oxygen atoms in total. The lowest BCUT2D eigenvalue weighted by Gasteiger charge is -2.36. The minimum atomic E-state index is -0.505. The van der Waals surface area contributed by atoms with Crippen molar-refractivity contribution in [2.24, 2.45) is 5.92 Å². The zero-order valence-electron chi connectivity index (χ0n) is 16.0. The number of Topliss-reactive ketones (excluding diaryl/α,β-unsaturated/α-hetero) is 1. The first-order valence-electron chi connectivity index (χ1n) is 9.60. The van der Waals surface area contributed by atoms with Crippen molar-refractivity contribution < 1.29 is 28.2 Å². The number of ether oxygens (including phenoxy) is 3. The van der Waals surface area contributed by atoms with E-state index in [4.69, 9.17) is 14.2 Å². The van der Waals surface area contributed by atoms with Gasteiger partial charge in [0.05, 0.1) is 11.5 Å². The Balaban J connectivity index is 1.38. The number of halogens is 1. The molecular weight excluding hydrogens is 375 g/mol. The summed E-state index contributed by atoms with van der Waals surface area (Å²) in [5.41, 5.74) is 1.33. The highest BCUT2D eigenvalue weighted by Gasteiger charge is 2.42. The van der Waals surface area contributed by atoms with Crippen molar-refractivity contribution in [2.45, 2.75) is 38.4 Å². The second kappa shape index (κ2) is 8.07. The number of hydrogen-bond donors (Lipinski definition) is 0. The number of esters is 1. The van der Waals surface area contributed by atoms with Crippen molar-refractivity contribution in [2.75, 3.05) is 0 Å². The third-order valence-corrected chi connectivity index (χ3v) is 5.24. The number of carbonyl (C=O) groups is 2. The van der Waals surface area contributed by atoms with Gasteiger partial charge in [-0.1, -0.05) is 12.1 Å². The molecule has 0 bridgehead atoms. The molecule has 1 heterocycles. The van der Waals surface area contributed by atoms with Crippen molar-refractivity contribution in [1.29, 1.82) is 0 Å². The van der Waals surface area contributed by atoms with Crippen LogP contribution in [0.25, 0.3) is 0 Å². The molecule has 1 saturated carbocycles. The lowest BCUT2D eigenvalue weighted by molar-refractivity contribution is -0.132. The molecule has 0 aromatic heterocycles. The molecule has 0 N–H and O–H groups in total. The summed E-state index contributed by atoms with van der Waals surface area (Å²) in [7, 11) is 0. The second-order valence-electron chi connectivity index (χ2n) is 7.39. The average molecular weight is 396 g/mol. The van der Waals surface area contributed by atoms with Gasteiger partial charge in [0.2, 0.25) is 11.5 Å². The van der Waals surface area contributed by atoms with Crippen LogP contribution < -0.4 is 4.74 Å². The number of allylic oxidation sites excluding steroid dienone is 1. The Labute approximate surface area is 168 Å². The number of rotatable bonds is 4. The van der Waals surface area contributed by atoms with Gasteiger partial charge in [0, 0.05) is 6.42 Å². The summed E-state index contributed by atoms with van der Waals surface area (Å²) in [4.78, 5) is 25.1. The van der Waals surface area contributed by atoms with Crippen molar-refractivity contribution in [3.05, 3.63) is 77.5 Å². The Bertz CT molecular complexity index is 950. The summed E-state index contributed by atoms with van der Waals surface area (Å²) in [6.45, 7) is 1.95. The van der Waals surface area contributed by atoms with E-state index in [0.29, 0.717) is 30.6 Å². The van der Waals surface area contributed by atoms with E-state index in [0.717, 1.165) is 5.56 Å². The zero-order valence-corrected chi connectivity index (χ0v) is 16.0. The van der Waals surface area contributed by atoms with Crippen LogP contribution in [0, 0.1) is 18.7 Å². The molecule has 0 saturated heterocycles. The summed E-state index contributed by atoms with van der Waals surface area (Å²) >= 11 is 0. The van der Waals surface area contributed by atoms with E-state index in [-0.39, 0.29) is 29.7 Å². The fourth-order valence-electron chi connectivity index (χ4n) is 3.73. The van der Waals surface area contributed by atoms with Crippen molar-refractivity contribution in [3.8, 4) is 5.75 Å². The van der Waals surface area contributed by atoms with Crippen LogP contribution in [-0.4, -0.2) is 24.0 Å². The van der Waals surface area contributed by atoms with E-state index >= 15 is 0 Å². The molecule has 0 spiro atoms. The van der Waals surface area contributed by atoms with Gasteiger partial charge in [-0.05, 0) is 61.7 Å². The molecule has 1 aliphatic carbocycles. The van der Waals surface area contributed by atoms with Crippen LogP contribution in [0.3, 0.4) is 0 Å². The molecule has 0 amide bonds. The van der Waals surface area contributed by atoms with Gasteiger partial charge < -0.3 is 14.2 Å². The molecule has 6 heteroatoms. The average Bonchev–Trinajstić information content (AvgIpc) is 2.71. The van der Waals surface area contributed by atoms with E-state index in [9.17, 15) is 14.0 Å². The number of aryl methyl sites for hydroxylation is 1. The van der Waals surface area contributed by atoms with E-state index in [2.05, 4.69) is 0 Å². The number of hydrogen-bond acceptors (Lipinski definition) is 5. The molecule has 1 fully saturated rings. The number of fused-ring (bicyclic) bond motifs is 1. The Morgan fingerprint density at radius 1 is 1.14 bits per heavy atom. The third-order valence-electron chi connectivity index (χ3n) is 5.24. The van der Waals surface area contributed by atoms with Crippen LogP contribution in [0.2, 0.25) is 0 Å². The van der Waals surface area contributed by atoms with Gasteiger partial charge in [-0.25, -0.2) is 9.18 Å². The predicted molar refractivity (Wildman–Crippen MR) is 103 cm³/mol. The van der Waals surface area contributed by atoms with E-state index < -0.39 is 11.8 Å². The van der Waals surface area contributed by atoms with Gasteiger partial charge in [-0.2, -0.15) is 0 Å². The van der Waals surface area contributed by atoms with E-state index in [1.54, 1.807) is 6.07 Å². The Hall–Kier alpha value is -3.15. The maximum Gasteiger partial charge on any atom is 0.338 e. The minimum Gasteiger partial charge on any atom is -0.493 e. The van der Waals surface area contributed by atoms with Gasteiger partial charge in [0.25, 0.3) is 0 Å². The number of benzene rings is 2. The predicted octanol–water partition coefficient (Wildman–Crippen LogP) is 4.35. The summed E-state index contributed by atoms with van der Waals surface area (Å²) in [6, 6.07) is 12.7. The summed E-state index contributed by atoms with van der Waals surface area (Å²) < 4.78 is 30.0. The summed E-state index contributed by atoms with van der Waals surface area (Å²) in [6.07, 6.45) is 2.18. The molecule has 150 valence electrons. The largest absolute Gasteiger partial charge is 0.493 e. The minimum absolute atomic E-state index is 0.0916. The molecule has 3 unspecified atom stereocenters. The Morgan fingerprint density at radius 3 is 2.69 bits per heavy atom. The molecule has 2 aromatic rings. The number of carbonyl (C=O) groups excluding carboxylic acids is 2. The lowest BCUT2D eigenvalue weighted by Crippen LogP contribution is -2.43. The Morgan fingerprint density at radius 2 is 1.93 bits per heavy atom.